The number of carbonyl (C=O) groups is 4. The molecule has 1 aromatic heterocycles. The van der Waals surface area contributed by atoms with Crippen LogP contribution in [0.25, 0.3) is 5.69 Å². The SMILES string of the molecule is O=C(O)c1ccc(CC(=O)C2c3cccc(N4CCC(N5CCCC5=O)CC4)c3CCN2C(=O)c2cn(-c3cccc(Cl)c3F)cn2)cc1. The number of nitrogens with zero attached hydrogens (tertiary/aromatic N) is 5. The Morgan fingerprint density at radius 2 is 1.65 bits per heavy atom. The van der Waals surface area contributed by atoms with Gasteiger partial charge in [0.25, 0.3) is 5.91 Å². The third-order valence-electron chi connectivity index (χ3n) is 9.91. The first-order chi connectivity index (χ1) is 23.7. The average molecular weight is 684 g/mol. The van der Waals surface area contributed by atoms with Crippen LogP contribution in [0.2, 0.25) is 5.02 Å². The first kappa shape index (κ1) is 32.5. The normalized spacial score (nSPS) is 18.1. The molecule has 0 spiro atoms. The molecule has 3 aromatic carbocycles. The Balaban J connectivity index is 1.19. The Morgan fingerprint density at radius 1 is 0.918 bits per heavy atom. The van der Waals surface area contributed by atoms with Gasteiger partial charge in [0.1, 0.15) is 18.1 Å². The predicted octanol–water partition coefficient (Wildman–Crippen LogP) is 5.51. The molecular weight excluding hydrogens is 649 g/mol. The second-order valence-corrected chi connectivity index (χ2v) is 13.2. The molecule has 3 aliphatic rings. The van der Waals surface area contributed by atoms with E-state index < -0.39 is 23.7 Å². The van der Waals surface area contributed by atoms with Crippen LogP contribution < -0.4 is 4.90 Å². The van der Waals surface area contributed by atoms with E-state index in [1.165, 1.54) is 46.3 Å². The molecule has 2 amide bonds. The van der Waals surface area contributed by atoms with Crippen LogP contribution in [0.5, 0.6) is 0 Å². The number of amides is 2. The van der Waals surface area contributed by atoms with Gasteiger partial charge in [-0.2, -0.15) is 0 Å². The second kappa shape index (κ2) is 13.5. The van der Waals surface area contributed by atoms with Crippen LogP contribution in [0.3, 0.4) is 0 Å². The maximum atomic E-state index is 14.8. The number of hydrogen-bond donors (Lipinski definition) is 1. The summed E-state index contributed by atoms with van der Waals surface area (Å²) in [5.74, 6) is -2.15. The fraction of sp³-hybridized carbons (Fsp3) is 0.324. The van der Waals surface area contributed by atoms with Crippen molar-refractivity contribution in [1.29, 1.82) is 0 Å². The average Bonchev–Trinajstić information content (AvgIpc) is 3.78. The van der Waals surface area contributed by atoms with Crippen molar-refractivity contribution in [3.05, 3.63) is 112 Å². The summed E-state index contributed by atoms with van der Waals surface area (Å²) in [6.07, 6.45) is 6.55. The zero-order valence-electron chi connectivity index (χ0n) is 26.7. The predicted molar refractivity (Wildman–Crippen MR) is 181 cm³/mol. The van der Waals surface area contributed by atoms with E-state index in [4.69, 9.17) is 11.6 Å². The minimum absolute atomic E-state index is 0.0184. The number of carboxylic acid groups (broad SMARTS) is 1. The number of likely N-dealkylation sites (tertiary alicyclic amines) is 1. The number of aromatic carboxylic acids is 1. The van der Waals surface area contributed by atoms with Crippen LogP contribution in [0.15, 0.2) is 73.2 Å². The summed E-state index contributed by atoms with van der Waals surface area (Å²) < 4.78 is 16.2. The number of carboxylic acids is 1. The maximum Gasteiger partial charge on any atom is 0.335 e. The summed E-state index contributed by atoms with van der Waals surface area (Å²) in [7, 11) is 0. The lowest BCUT2D eigenvalue weighted by molar-refractivity contribution is -0.130. The molecule has 10 nitrogen and oxygen atoms in total. The van der Waals surface area contributed by atoms with Gasteiger partial charge in [0.15, 0.2) is 11.6 Å². The fourth-order valence-electron chi connectivity index (χ4n) is 7.45. The largest absolute Gasteiger partial charge is 0.478 e. The first-order valence-corrected chi connectivity index (χ1v) is 16.9. The van der Waals surface area contributed by atoms with Crippen LogP contribution in [0.4, 0.5) is 10.1 Å². The number of fused-ring (bicyclic) bond motifs is 1. The molecule has 2 saturated heterocycles. The Kier molecular flexibility index (Phi) is 8.94. The van der Waals surface area contributed by atoms with Gasteiger partial charge < -0.3 is 24.4 Å². The molecule has 252 valence electrons. The molecule has 1 N–H and O–H groups in total. The lowest BCUT2D eigenvalue weighted by Gasteiger charge is -2.41. The van der Waals surface area contributed by atoms with Crippen molar-refractivity contribution in [3.8, 4) is 5.69 Å². The van der Waals surface area contributed by atoms with E-state index in [2.05, 4.69) is 16.0 Å². The fourth-order valence-corrected chi connectivity index (χ4v) is 7.62. The number of imidazole rings is 1. The number of benzene rings is 3. The van der Waals surface area contributed by atoms with E-state index in [0.29, 0.717) is 18.4 Å². The highest BCUT2D eigenvalue weighted by molar-refractivity contribution is 6.30. The molecule has 4 heterocycles. The molecule has 1 unspecified atom stereocenters. The maximum absolute atomic E-state index is 14.8. The summed E-state index contributed by atoms with van der Waals surface area (Å²) in [4.78, 5) is 62.3. The van der Waals surface area contributed by atoms with E-state index in [-0.39, 0.29) is 52.7 Å². The number of hydrogen-bond acceptors (Lipinski definition) is 6. The molecule has 49 heavy (non-hydrogen) atoms. The first-order valence-electron chi connectivity index (χ1n) is 16.5. The Labute approximate surface area is 287 Å². The van der Waals surface area contributed by atoms with E-state index >= 15 is 0 Å². The smallest absolute Gasteiger partial charge is 0.335 e. The highest BCUT2D eigenvalue weighted by atomic mass is 35.5. The molecule has 1 atom stereocenters. The second-order valence-electron chi connectivity index (χ2n) is 12.8. The van der Waals surface area contributed by atoms with Crippen molar-refractivity contribution >= 4 is 40.9 Å². The summed E-state index contributed by atoms with van der Waals surface area (Å²) in [5, 5.41) is 9.27. The summed E-state index contributed by atoms with van der Waals surface area (Å²) >= 11 is 5.99. The Bertz CT molecular complexity index is 1940. The minimum atomic E-state index is -1.06. The Morgan fingerprint density at radius 3 is 2.37 bits per heavy atom. The van der Waals surface area contributed by atoms with Crippen molar-refractivity contribution in [2.45, 2.75) is 50.6 Å². The van der Waals surface area contributed by atoms with E-state index in [9.17, 15) is 28.7 Å². The zero-order valence-corrected chi connectivity index (χ0v) is 27.5. The molecule has 2 fully saturated rings. The number of rotatable bonds is 8. The third-order valence-corrected chi connectivity index (χ3v) is 10.2. The lowest BCUT2D eigenvalue weighted by Crippen LogP contribution is -2.47. The third kappa shape index (κ3) is 6.30. The number of Topliss-reactive ketones (excluding diaryl/α,β-unsaturated/α-hetero) is 1. The number of aromatic nitrogens is 2. The van der Waals surface area contributed by atoms with Gasteiger partial charge in [0.05, 0.1) is 16.3 Å². The minimum Gasteiger partial charge on any atom is -0.478 e. The van der Waals surface area contributed by atoms with E-state index in [1.807, 2.05) is 17.0 Å². The van der Waals surface area contributed by atoms with Crippen molar-refractivity contribution in [2.24, 2.45) is 0 Å². The summed E-state index contributed by atoms with van der Waals surface area (Å²) in [6.45, 7) is 2.64. The monoisotopic (exact) mass is 683 g/mol. The van der Waals surface area contributed by atoms with Gasteiger partial charge in [0.2, 0.25) is 5.91 Å². The van der Waals surface area contributed by atoms with Gasteiger partial charge in [0, 0.05) is 56.9 Å². The van der Waals surface area contributed by atoms with Gasteiger partial charge in [-0.3, -0.25) is 14.4 Å². The molecule has 12 heteroatoms. The molecule has 4 aromatic rings. The van der Waals surface area contributed by atoms with Crippen LogP contribution in [0, 0.1) is 5.82 Å². The van der Waals surface area contributed by atoms with Gasteiger partial charge >= 0.3 is 5.97 Å². The number of halogens is 2. The number of ketones is 1. The topological polar surface area (TPSA) is 116 Å². The van der Waals surface area contributed by atoms with Crippen molar-refractivity contribution < 1.29 is 28.7 Å². The van der Waals surface area contributed by atoms with Gasteiger partial charge in [-0.1, -0.05) is 41.9 Å². The number of piperidine rings is 1. The van der Waals surface area contributed by atoms with Crippen LogP contribution in [0.1, 0.15) is 69.3 Å². The van der Waals surface area contributed by atoms with Crippen LogP contribution in [-0.4, -0.2) is 80.2 Å². The standard InChI is InChI=1S/C37H35ClFN5O5/c38-28-5-2-7-31(34(28)39)42-21-29(40-22-42)36(47)44-19-15-26-27(35(44)32(45)20-23-9-11-24(12-10-23)37(48)49)4-1-6-30(26)41-17-13-25(14-18-41)43-16-3-8-33(43)46/h1-2,4-7,9-12,21-22,25,35H,3,8,13-20H2,(H,48,49). The molecule has 0 aliphatic carbocycles. The van der Waals surface area contributed by atoms with Gasteiger partial charge in [-0.25, -0.2) is 14.2 Å². The van der Waals surface area contributed by atoms with Gasteiger partial charge in [-0.05, 0) is 72.7 Å². The highest BCUT2D eigenvalue weighted by Gasteiger charge is 2.39. The quantitative estimate of drug-likeness (QED) is 0.261. The molecule has 3 aliphatic heterocycles. The summed E-state index contributed by atoms with van der Waals surface area (Å²) in [5.41, 5.74) is 3.72. The number of carbonyl (C=O) groups excluding carboxylic acids is 3. The van der Waals surface area contributed by atoms with Crippen LogP contribution >= 0.6 is 11.6 Å². The zero-order chi connectivity index (χ0) is 34.2. The Hall–Kier alpha value is -5.03. The van der Waals surface area contributed by atoms with Gasteiger partial charge in [-0.15, -0.1) is 0 Å². The van der Waals surface area contributed by atoms with Crippen molar-refractivity contribution in [1.82, 2.24) is 19.4 Å². The molecule has 7 rings (SSSR count). The lowest BCUT2D eigenvalue weighted by atomic mass is 9.86. The molecule has 0 saturated carbocycles. The molecular formula is C37H35ClFN5O5. The van der Waals surface area contributed by atoms with E-state index in [0.717, 1.165) is 55.7 Å². The van der Waals surface area contributed by atoms with Crippen molar-refractivity contribution in [2.75, 3.05) is 31.1 Å². The summed E-state index contributed by atoms with van der Waals surface area (Å²) in [6, 6.07) is 15.9. The van der Waals surface area contributed by atoms with Crippen LogP contribution in [-0.2, 0) is 22.4 Å². The van der Waals surface area contributed by atoms with Crippen molar-refractivity contribution in [3.63, 3.8) is 0 Å². The highest BCUT2D eigenvalue weighted by Crippen LogP contribution is 2.39. The number of anilines is 1. The van der Waals surface area contributed by atoms with E-state index in [1.54, 1.807) is 18.2 Å². The molecule has 0 bridgehead atoms. The molecule has 0 radical (unpaired) electrons.